The number of hydrazine groups is 1. The first-order chi connectivity index (χ1) is 12.3. The Morgan fingerprint density at radius 2 is 2.08 bits per heavy atom. The van der Waals surface area contributed by atoms with Crippen molar-refractivity contribution in [3.8, 4) is 0 Å². The van der Waals surface area contributed by atoms with Crippen molar-refractivity contribution < 1.29 is 19.1 Å². The number of nitrogens with one attached hydrogen (secondary N) is 1. The van der Waals surface area contributed by atoms with Crippen LogP contribution in [0.4, 0.5) is 10.1 Å². The molecule has 1 aromatic heterocycles. The van der Waals surface area contributed by atoms with Gasteiger partial charge in [-0.1, -0.05) is 0 Å². The molecule has 26 heavy (non-hydrogen) atoms. The Hall–Kier alpha value is -2.25. The van der Waals surface area contributed by atoms with E-state index in [1.54, 1.807) is 6.07 Å². The molecule has 0 atom stereocenters. The first-order valence-corrected chi connectivity index (χ1v) is 8.40. The van der Waals surface area contributed by atoms with E-state index in [4.69, 9.17) is 9.94 Å². The zero-order valence-corrected chi connectivity index (χ0v) is 16.1. The van der Waals surface area contributed by atoms with Crippen LogP contribution < -0.4 is 16.7 Å². The molecule has 0 aliphatic rings. The van der Waals surface area contributed by atoms with Crippen molar-refractivity contribution in [3.05, 3.63) is 60.2 Å². The number of aliphatic hydroxyl groups is 1. The summed E-state index contributed by atoms with van der Waals surface area (Å²) >= 11 is 1.93. The van der Waals surface area contributed by atoms with Crippen LogP contribution in [0.25, 0.3) is 0 Å². The molecular weight excluding hydrogens is 462 g/mol. The summed E-state index contributed by atoms with van der Waals surface area (Å²) in [4.78, 5) is 41.7. The number of carbonyl (C=O) groups excluding carboxylic acids is 1. The Morgan fingerprint density at radius 1 is 1.38 bits per heavy atom. The maximum atomic E-state index is 14.0. The maximum absolute atomic E-state index is 14.0. The molecule has 0 unspecified atom stereocenters. The number of benzene rings is 1. The van der Waals surface area contributed by atoms with Crippen LogP contribution in [-0.4, -0.2) is 38.5 Å². The van der Waals surface area contributed by atoms with Crippen LogP contribution in [-0.2, 0) is 18.9 Å². The number of aryl methyl sites for hydroxylation is 1. The lowest BCUT2D eigenvalue weighted by Gasteiger charge is -2.23. The lowest BCUT2D eigenvalue weighted by Crippen LogP contribution is -2.45. The highest BCUT2D eigenvalue weighted by atomic mass is 127. The molecule has 1 amide bonds. The minimum atomic E-state index is -0.951. The monoisotopic (exact) mass is 478 g/mol. The minimum Gasteiger partial charge on any atom is -0.394 e. The second kappa shape index (κ2) is 8.42. The van der Waals surface area contributed by atoms with Crippen molar-refractivity contribution >= 4 is 34.2 Å². The number of hydrogen-bond donors (Lipinski definition) is 2. The molecule has 2 aromatic rings. The third-order valence-electron chi connectivity index (χ3n) is 3.33. The molecule has 2 N–H and O–H groups in total. The Morgan fingerprint density at radius 3 is 2.69 bits per heavy atom. The van der Waals surface area contributed by atoms with Gasteiger partial charge in [0, 0.05) is 23.9 Å². The lowest BCUT2D eigenvalue weighted by molar-refractivity contribution is -0.115. The number of hydroxylamine groups is 1. The van der Waals surface area contributed by atoms with Gasteiger partial charge in [0.15, 0.2) is 0 Å². The molecule has 2 rings (SSSR count). The van der Waals surface area contributed by atoms with E-state index < -0.39 is 29.6 Å². The van der Waals surface area contributed by atoms with E-state index in [2.05, 4.69) is 5.43 Å². The zero-order valence-electron chi connectivity index (χ0n) is 13.9. The first-order valence-electron chi connectivity index (χ1n) is 7.33. The van der Waals surface area contributed by atoms with Crippen LogP contribution in [0.1, 0.15) is 10.4 Å². The SMILES string of the molecule is Cn1cc(C(=O)N(Nc2ccc(I)cc2F)OCCO)c(=O)n(C)c1=O. The highest BCUT2D eigenvalue weighted by Gasteiger charge is 2.23. The van der Waals surface area contributed by atoms with Gasteiger partial charge in [-0.3, -0.25) is 19.6 Å². The Kier molecular flexibility index (Phi) is 6.50. The van der Waals surface area contributed by atoms with Crippen LogP contribution in [0, 0.1) is 9.39 Å². The van der Waals surface area contributed by atoms with Crippen molar-refractivity contribution in [2.75, 3.05) is 18.6 Å². The number of rotatable bonds is 6. The highest BCUT2D eigenvalue weighted by molar-refractivity contribution is 14.1. The molecule has 0 spiro atoms. The van der Waals surface area contributed by atoms with E-state index in [0.717, 1.165) is 15.3 Å². The van der Waals surface area contributed by atoms with Crippen LogP contribution >= 0.6 is 22.6 Å². The topological polar surface area (TPSA) is 106 Å². The van der Waals surface area contributed by atoms with Gasteiger partial charge in [-0.15, -0.1) is 5.17 Å². The van der Waals surface area contributed by atoms with Crippen molar-refractivity contribution in [2.24, 2.45) is 14.1 Å². The van der Waals surface area contributed by atoms with Crippen LogP contribution in [0.3, 0.4) is 0 Å². The molecule has 11 heteroatoms. The number of halogens is 2. The van der Waals surface area contributed by atoms with Gasteiger partial charge in [-0.25, -0.2) is 14.0 Å². The van der Waals surface area contributed by atoms with Crippen LogP contribution in [0.5, 0.6) is 0 Å². The molecule has 0 saturated heterocycles. The molecule has 1 heterocycles. The van der Waals surface area contributed by atoms with Gasteiger partial charge in [0.05, 0.1) is 12.3 Å². The van der Waals surface area contributed by atoms with E-state index in [1.807, 2.05) is 22.6 Å². The van der Waals surface area contributed by atoms with Gasteiger partial charge < -0.3 is 9.67 Å². The number of anilines is 1. The third-order valence-corrected chi connectivity index (χ3v) is 4.00. The molecule has 140 valence electrons. The molecule has 0 aliphatic heterocycles. The molecule has 0 bridgehead atoms. The molecule has 0 radical (unpaired) electrons. The largest absolute Gasteiger partial charge is 0.394 e. The van der Waals surface area contributed by atoms with Crippen molar-refractivity contribution in [2.45, 2.75) is 0 Å². The Bertz CT molecular complexity index is 943. The zero-order chi connectivity index (χ0) is 19.4. The minimum absolute atomic E-state index is 0.0710. The second-order valence-corrected chi connectivity index (χ2v) is 6.44. The summed E-state index contributed by atoms with van der Waals surface area (Å²) < 4.78 is 16.5. The summed E-state index contributed by atoms with van der Waals surface area (Å²) in [5.41, 5.74) is 0.546. The summed E-state index contributed by atoms with van der Waals surface area (Å²) in [6.07, 6.45) is 1.06. The van der Waals surface area contributed by atoms with Gasteiger partial charge in [-0.2, -0.15) is 0 Å². The van der Waals surface area contributed by atoms with Gasteiger partial charge >= 0.3 is 11.6 Å². The van der Waals surface area contributed by atoms with Gasteiger partial charge in [0.25, 0.3) is 5.56 Å². The van der Waals surface area contributed by atoms with E-state index >= 15 is 0 Å². The number of carbonyl (C=O) groups is 1. The quantitative estimate of drug-likeness (QED) is 0.455. The third kappa shape index (κ3) is 4.28. The first kappa shape index (κ1) is 20.1. The van der Waals surface area contributed by atoms with Crippen molar-refractivity contribution in [3.63, 3.8) is 0 Å². The molecule has 0 fully saturated rings. The molecule has 0 aliphatic carbocycles. The fourth-order valence-corrected chi connectivity index (χ4v) is 2.48. The van der Waals surface area contributed by atoms with Crippen molar-refractivity contribution in [1.29, 1.82) is 0 Å². The van der Waals surface area contributed by atoms with E-state index in [0.29, 0.717) is 8.74 Å². The van der Waals surface area contributed by atoms with E-state index in [1.165, 1.54) is 26.2 Å². The Balaban J connectivity index is 2.42. The molecule has 1 aromatic carbocycles. The predicted molar refractivity (Wildman–Crippen MR) is 98.9 cm³/mol. The van der Waals surface area contributed by atoms with E-state index in [9.17, 15) is 18.8 Å². The highest BCUT2D eigenvalue weighted by Crippen LogP contribution is 2.18. The molecule has 9 nitrogen and oxygen atoms in total. The number of aliphatic hydroxyl groups excluding tert-OH is 1. The average Bonchev–Trinajstić information content (AvgIpc) is 2.61. The second-order valence-electron chi connectivity index (χ2n) is 5.19. The van der Waals surface area contributed by atoms with Crippen LogP contribution in [0.2, 0.25) is 0 Å². The van der Waals surface area contributed by atoms with Gasteiger partial charge in [-0.05, 0) is 40.8 Å². The van der Waals surface area contributed by atoms with Gasteiger partial charge in [0.2, 0.25) is 0 Å². The summed E-state index contributed by atoms with van der Waals surface area (Å²) in [5, 5.41) is 9.47. The van der Waals surface area contributed by atoms with Crippen molar-refractivity contribution in [1.82, 2.24) is 14.3 Å². The summed E-state index contributed by atoms with van der Waals surface area (Å²) in [6.45, 7) is -0.692. The fourth-order valence-electron chi connectivity index (χ4n) is 2.03. The number of amides is 1. The predicted octanol–water partition coefficient (Wildman–Crippen LogP) is 0.221. The fraction of sp³-hybridized carbons (Fsp3) is 0.267. The summed E-state index contributed by atoms with van der Waals surface area (Å²) in [6, 6.07) is 4.23. The normalized spacial score (nSPS) is 10.7. The Labute approximate surface area is 160 Å². The van der Waals surface area contributed by atoms with Gasteiger partial charge in [0.1, 0.15) is 18.0 Å². The maximum Gasteiger partial charge on any atom is 0.330 e. The van der Waals surface area contributed by atoms with E-state index in [-0.39, 0.29) is 17.9 Å². The average molecular weight is 478 g/mol. The molecular formula is C15H16FIN4O5. The standard InChI is InChI=1S/C15H16FIN4O5/c1-19-8-10(13(23)20(2)15(19)25)14(24)21(26-6-5-22)18-12-4-3-9(17)7-11(12)16/h3-4,7-8,18,22H,5-6H2,1-2H3. The molecule has 0 saturated carbocycles. The lowest BCUT2D eigenvalue weighted by atomic mass is 10.3. The number of hydrogen-bond acceptors (Lipinski definition) is 6. The van der Waals surface area contributed by atoms with Crippen LogP contribution in [0.15, 0.2) is 34.0 Å². The number of nitrogens with zero attached hydrogens (tertiary/aromatic N) is 3. The number of aromatic nitrogens is 2. The summed E-state index contributed by atoms with van der Waals surface area (Å²) in [7, 11) is 2.61. The summed E-state index contributed by atoms with van der Waals surface area (Å²) in [5.74, 6) is -1.59. The smallest absolute Gasteiger partial charge is 0.330 e.